The van der Waals surface area contributed by atoms with Gasteiger partial charge in [-0.05, 0) is 20.5 Å². The summed E-state index contributed by atoms with van der Waals surface area (Å²) in [6.07, 6.45) is 1.57. The molecular weight excluding hydrogens is 236 g/mol. The first-order valence-corrected chi connectivity index (χ1v) is 5.68. The maximum absolute atomic E-state index is 11.4. The molecule has 1 rings (SSSR count). The smallest absolute Gasteiger partial charge is 0.326 e. The number of carboxylic acid groups (broad SMARTS) is 1. The van der Waals surface area contributed by atoms with Crippen LogP contribution in [0.4, 0.5) is 0 Å². The molecule has 0 radical (unpaired) electrons. The highest BCUT2D eigenvalue weighted by Gasteiger charge is 2.20. The normalized spacial score (nSPS) is 12.7. The Hall–Kier alpha value is -1.82. The zero-order chi connectivity index (χ0) is 13.9. The van der Waals surface area contributed by atoms with E-state index in [2.05, 4.69) is 0 Å². The number of aromatic hydroxyl groups is 1. The molecule has 0 saturated carbocycles. The molecule has 0 aliphatic rings. The van der Waals surface area contributed by atoms with E-state index in [-0.39, 0.29) is 0 Å². The molecular formula is C12H18N2O4. The van der Waals surface area contributed by atoms with E-state index < -0.39 is 23.2 Å². The van der Waals surface area contributed by atoms with E-state index in [4.69, 9.17) is 5.11 Å². The van der Waals surface area contributed by atoms with Gasteiger partial charge in [0.05, 0.1) is 6.20 Å². The Labute approximate surface area is 105 Å². The van der Waals surface area contributed by atoms with Gasteiger partial charge in [0.25, 0.3) is 0 Å². The summed E-state index contributed by atoms with van der Waals surface area (Å²) in [5.41, 5.74) is 0.0698. The van der Waals surface area contributed by atoms with Gasteiger partial charge in [-0.1, -0.05) is 6.92 Å². The number of pyridine rings is 1. The first-order chi connectivity index (χ1) is 8.36. The topological polar surface area (TPSA) is 82.8 Å². The summed E-state index contributed by atoms with van der Waals surface area (Å²) in [5.74, 6) is -1.42. The largest absolute Gasteiger partial charge is 0.503 e. The maximum atomic E-state index is 11.4. The van der Waals surface area contributed by atoms with E-state index in [1.54, 1.807) is 6.92 Å². The highest BCUT2D eigenvalue weighted by molar-refractivity contribution is 5.72. The predicted octanol–water partition coefficient (Wildman–Crippen LogP) is 0.651. The average molecular weight is 254 g/mol. The third kappa shape index (κ3) is 3.10. The fourth-order valence-electron chi connectivity index (χ4n) is 1.81. The summed E-state index contributed by atoms with van der Waals surface area (Å²) in [7, 11) is 3.65. The van der Waals surface area contributed by atoms with E-state index in [1.165, 1.54) is 16.8 Å². The third-order valence-corrected chi connectivity index (χ3v) is 2.63. The Morgan fingerprint density at radius 3 is 2.56 bits per heavy atom. The zero-order valence-electron chi connectivity index (χ0n) is 10.8. The average Bonchev–Trinajstić information content (AvgIpc) is 2.24. The standard InChI is InChI=1S/C12H18N2O4/c1-4-9(12(17)18)14-7-11(16)10(15)5-8(14)6-13(2)3/h5,7,9,16H,4,6H2,1-3H3,(H,17,18). The molecule has 2 N–H and O–H groups in total. The number of aromatic nitrogens is 1. The minimum Gasteiger partial charge on any atom is -0.503 e. The Kier molecular flexibility index (Phi) is 4.49. The molecule has 100 valence electrons. The summed E-state index contributed by atoms with van der Waals surface area (Å²) in [4.78, 5) is 24.4. The quantitative estimate of drug-likeness (QED) is 0.806. The lowest BCUT2D eigenvalue weighted by molar-refractivity contribution is -0.141. The molecule has 0 bridgehead atoms. The van der Waals surface area contributed by atoms with Crippen molar-refractivity contribution < 1.29 is 15.0 Å². The van der Waals surface area contributed by atoms with Crippen LogP contribution in [0.25, 0.3) is 0 Å². The highest BCUT2D eigenvalue weighted by Crippen LogP contribution is 2.17. The second-order valence-corrected chi connectivity index (χ2v) is 4.42. The summed E-state index contributed by atoms with van der Waals surface area (Å²) < 4.78 is 1.44. The fraction of sp³-hybridized carbons (Fsp3) is 0.500. The van der Waals surface area contributed by atoms with Gasteiger partial charge >= 0.3 is 5.97 Å². The molecule has 0 spiro atoms. The summed E-state index contributed by atoms with van der Waals surface area (Å²) in [6.45, 7) is 2.17. The van der Waals surface area contributed by atoms with Crippen molar-refractivity contribution in [1.29, 1.82) is 0 Å². The number of hydrogen-bond acceptors (Lipinski definition) is 4. The molecule has 1 unspecified atom stereocenters. The Balaban J connectivity index is 3.34. The van der Waals surface area contributed by atoms with Crippen molar-refractivity contribution >= 4 is 5.97 Å². The van der Waals surface area contributed by atoms with Crippen molar-refractivity contribution in [1.82, 2.24) is 9.47 Å². The molecule has 1 heterocycles. The minimum absolute atomic E-state index is 0.373. The van der Waals surface area contributed by atoms with E-state index in [0.29, 0.717) is 18.7 Å². The number of carbonyl (C=O) groups is 1. The first-order valence-electron chi connectivity index (χ1n) is 5.68. The third-order valence-electron chi connectivity index (χ3n) is 2.63. The predicted molar refractivity (Wildman–Crippen MR) is 66.7 cm³/mol. The van der Waals surface area contributed by atoms with Gasteiger partial charge in [-0.25, -0.2) is 4.79 Å². The second-order valence-electron chi connectivity index (χ2n) is 4.42. The number of rotatable bonds is 5. The van der Waals surface area contributed by atoms with Gasteiger partial charge in [0.15, 0.2) is 5.75 Å². The maximum Gasteiger partial charge on any atom is 0.326 e. The Bertz CT molecular complexity index is 493. The van der Waals surface area contributed by atoms with Gasteiger partial charge in [0, 0.05) is 18.3 Å². The van der Waals surface area contributed by atoms with Crippen LogP contribution in [-0.2, 0) is 11.3 Å². The van der Waals surface area contributed by atoms with E-state index in [9.17, 15) is 14.7 Å². The monoisotopic (exact) mass is 254 g/mol. The molecule has 6 heteroatoms. The number of nitrogens with zero attached hydrogens (tertiary/aromatic N) is 2. The van der Waals surface area contributed by atoms with Crippen molar-refractivity contribution in [2.24, 2.45) is 0 Å². The van der Waals surface area contributed by atoms with Gasteiger partial charge in [0.2, 0.25) is 5.43 Å². The number of carboxylic acids is 1. The summed E-state index contributed by atoms with van der Waals surface area (Å²) in [5, 5.41) is 18.6. The van der Waals surface area contributed by atoms with Crippen LogP contribution in [-0.4, -0.2) is 39.7 Å². The molecule has 0 aliphatic carbocycles. The van der Waals surface area contributed by atoms with Crippen LogP contribution < -0.4 is 5.43 Å². The van der Waals surface area contributed by atoms with Gasteiger partial charge < -0.3 is 19.7 Å². The van der Waals surface area contributed by atoms with Crippen LogP contribution in [0.15, 0.2) is 17.1 Å². The van der Waals surface area contributed by atoms with Crippen molar-refractivity contribution in [3.63, 3.8) is 0 Å². The summed E-state index contributed by atoms with van der Waals surface area (Å²) in [6, 6.07) is 0.493. The molecule has 0 amide bonds. The molecule has 0 saturated heterocycles. The van der Waals surface area contributed by atoms with Gasteiger partial charge in [-0.2, -0.15) is 0 Å². The highest BCUT2D eigenvalue weighted by atomic mass is 16.4. The molecule has 18 heavy (non-hydrogen) atoms. The lowest BCUT2D eigenvalue weighted by Crippen LogP contribution is -2.26. The van der Waals surface area contributed by atoms with Crippen molar-refractivity contribution in [3.8, 4) is 5.75 Å². The zero-order valence-corrected chi connectivity index (χ0v) is 10.8. The molecule has 1 atom stereocenters. The van der Waals surface area contributed by atoms with Gasteiger partial charge in [-0.3, -0.25) is 4.79 Å². The molecule has 1 aromatic heterocycles. The van der Waals surface area contributed by atoms with Gasteiger partial charge in [-0.15, -0.1) is 0 Å². The van der Waals surface area contributed by atoms with Crippen LogP contribution in [0.3, 0.4) is 0 Å². The fourth-order valence-corrected chi connectivity index (χ4v) is 1.81. The van der Waals surface area contributed by atoms with E-state index >= 15 is 0 Å². The molecule has 6 nitrogen and oxygen atoms in total. The molecule has 1 aromatic rings. The second kappa shape index (κ2) is 5.68. The van der Waals surface area contributed by atoms with Gasteiger partial charge in [0.1, 0.15) is 6.04 Å². The van der Waals surface area contributed by atoms with Crippen LogP contribution in [0.1, 0.15) is 25.1 Å². The Morgan fingerprint density at radius 2 is 2.11 bits per heavy atom. The number of aliphatic carboxylic acids is 1. The first kappa shape index (κ1) is 14.2. The number of hydrogen-bond donors (Lipinski definition) is 2. The Morgan fingerprint density at radius 1 is 1.50 bits per heavy atom. The SMILES string of the molecule is CCC(C(=O)O)n1cc(O)c(=O)cc1CN(C)C. The molecule has 0 fully saturated rings. The lowest BCUT2D eigenvalue weighted by atomic mass is 10.2. The van der Waals surface area contributed by atoms with E-state index in [0.717, 1.165) is 0 Å². The van der Waals surface area contributed by atoms with Crippen LogP contribution in [0.2, 0.25) is 0 Å². The van der Waals surface area contributed by atoms with Crippen molar-refractivity contribution in [2.45, 2.75) is 25.9 Å². The van der Waals surface area contributed by atoms with E-state index in [1.807, 2.05) is 19.0 Å². The lowest BCUT2D eigenvalue weighted by Gasteiger charge is -2.21. The minimum atomic E-state index is -0.986. The van der Waals surface area contributed by atoms with Crippen molar-refractivity contribution in [3.05, 3.63) is 28.2 Å². The van der Waals surface area contributed by atoms with Crippen LogP contribution in [0, 0.1) is 0 Å². The van der Waals surface area contributed by atoms with Crippen molar-refractivity contribution in [2.75, 3.05) is 14.1 Å². The molecule has 0 aromatic carbocycles. The summed E-state index contributed by atoms with van der Waals surface area (Å²) >= 11 is 0. The molecule has 0 aliphatic heterocycles. The van der Waals surface area contributed by atoms with Crippen LogP contribution >= 0.6 is 0 Å². The van der Waals surface area contributed by atoms with Crippen LogP contribution in [0.5, 0.6) is 5.75 Å².